The number of aryl methyl sites for hydroxylation is 4. The molecule has 9 nitrogen and oxygen atoms in total. The standard InChI is InChI=1S/C23H23N5O4/c1-30-23(29)16-5-6-19-18(13-16)17(14-28(19)9-8-22-24-26-27-25-22)4-2-15-3-7-20-21(12-15)32-11-10-31-20/h3,5-7,12-14H,2,4,8-11H2,1H3,(H,24,25,26,27). The fraction of sp³-hybridized carbons (Fsp3) is 0.304. The number of ether oxygens (including phenoxy) is 3. The van der Waals surface area contributed by atoms with Crippen LogP contribution in [0.1, 0.15) is 27.3 Å². The molecule has 0 fully saturated rings. The molecule has 2 aromatic carbocycles. The van der Waals surface area contributed by atoms with E-state index in [1.165, 1.54) is 12.7 Å². The number of aromatic amines is 1. The van der Waals surface area contributed by atoms with Crippen molar-refractivity contribution in [3.63, 3.8) is 0 Å². The summed E-state index contributed by atoms with van der Waals surface area (Å²) < 4.78 is 18.4. The largest absolute Gasteiger partial charge is 0.486 e. The van der Waals surface area contributed by atoms with Crippen molar-refractivity contribution < 1.29 is 19.0 Å². The first kappa shape index (κ1) is 20.0. The van der Waals surface area contributed by atoms with E-state index >= 15 is 0 Å². The summed E-state index contributed by atoms with van der Waals surface area (Å²) in [5.74, 6) is 1.91. The molecule has 0 atom stereocenters. The van der Waals surface area contributed by atoms with Gasteiger partial charge in [-0.05, 0) is 54.3 Å². The van der Waals surface area contributed by atoms with Crippen LogP contribution < -0.4 is 9.47 Å². The summed E-state index contributed by atoms with van der Waals surface area (Å²) in [5.41, 5.74) is 3.93. The fourth-order valence-corrected chi connectivity index (χ4v) is 4.03. The molecule has 1 N–H and O–H groups in total. The molecule has 0 saturated heterocycles. The van der Waals surface area contributed by atoms with Crippen molar-refractivity contribution in [3.05, 3.63) is 65.1 Å². The van der Waals surface area contributed by atoms with Crippen LogP contribution in [0.25, 0.3) is 10.9 Å². The summed E-state index contributed by atoms with van der Waals surface area (Å²) >= 11 is 0. The third-order valence-corrected chi connectivity index (χ3v) is 5.64. The van der Waals surface area contributed by atoms with Crippen LogP contribution in [0.3, 0.4) is 0 Å². The molecule has 0 radical (unpaired) electrons. The molecular weight excluding hydrogens is 410 g/mol. The highest BCUT2D eigenvalue weighted by atomic mass is 16.6. The molecular formula is C23H23N5O4. The van der Waals surface area contributed by atoms with Gasteiger partial charge in [0.05, 0.1) is 12.7 Å². The molecule has 0 aliphatic carbocycles. The van der Waals surface area contributed by atoms with Crippen LogP contribution in [0.15, 0.2) is 42.6 Å². The molecule has 164 valence electrons. The zero-order valence-electron chi connectivity index (χ0n) is 17.7. The number of methoxy groups -OCH3 is 1. The van der Waals surface area contributed by atoms with E-state index in [1.54, 1.807) is 6.07 Å². The predicted octanol–water partition coefficient (Wildman–Crippen LogP) is 2.74. The maximum absolute atomic E-state index is 12.1. The second-order valence-electron chi connectivity index (χ2n) is 7.63. The normalized spacial score (nSPS) is 12.8. The van der Waals surface area contributed by atoms with Gasteiger partial charge in [0.2, 0.25) is 0 Å². The number of esters is 1. The number of nitrogens with zero attached hydrogens (tertiary/aromatic N) is 4. The lowest BCUT2D eigenvalue weighted by Gasteiger charge is -2.18. The summed E-state index contributed by atoms with van der Waals surface area (Å²) in [6.45, 7) is 1.86. The molecule has 32 heavy (non-hydrogen) atoms. The van der Waals surface area contributed by atoms with E-state index < -0.39 is 0 Å². The van der Waals surface area contributed by atoms with Gasteiger partial charge in [0.15, 0.2) is 17.3 Å². The van der Waals surface area contributed by atoms with Gasteiger partial charge in [-0.3, -0.25) is 0 Å². The van der Waals surface area contributed by atoms with Gasteiger partial charge in [0.25, 0.3) is 0 Å². The van der Waals surface area contributed by atoms with Crippen LogP contribution >= 0.6 is 0 Å². The lowest BCUT2D eigenvalue weighted by Crippen LogP contribution is -2.15. The molecule has 0 spiro atoms. The average Bonchev–Trinajstić information content (AvgIpc) is 3.48. The minimum Gasteiger partial charge on any atom is -0.486 e. The van der Waals surface area contributed by atoms with Crippen molar-refractivity contribution in [2.45, 2.75) is 25.8 Å². The van der Waals surface area contributed by atoms with E-state index in [1.807, 2.05) is 24.3 Å². The van der Waals surface area contributed by atoms with Crippen LogP contribution in [0, 0.1) is 0 Å². The van der Waals surface area contributed by atoms with Gasteiger partial charge in [-0.25, -0.2) is 4.79 Å². The minimum atomic E-state index is -0.343. The molecule has 0 bridgehead atoms. The van der Waals surface area contributed by atoms with E-state index in [-0.39, 0.29) is 5.97 Å². The quantitative estimate of drug-likeness (QED) is 0.447. The molecule has 0 saturated carbocycles. The van der Waals surface area contributed by atoms with Gasteiger partial charge in [-0.15, -0.1) is 10.2 Å². The summed E-state index contributed by atoms with van der Waals surface area (Å²) in [5, 5.41) is 15.2. The van der Waals surface area contributed by atoms with Gasteiger partial charge in [0.1, 0.15) is 13.2 Å². The highest BCUT2D eigenvalue weighted by Crippen LogP contribution is 2.32. The van der Waals surface area contributed by atoms with Gasteiger partial charge in [-0.1, -0.05) is 11.3 Å². The Morgan fingerprint density at radius 2 is 1.97 bits per heavy atom. The van der Waals surface area contributed by atoms with Gasteiger partial charge in [-0.2, -0.15) is 5.21 Å². The monoisotopic (exact) mass is 433 g/mol. The van der Waals surface area contributed by atoms with Crippen LogP contribution in [-0.2, 0) is 30.5 Å². The Morgan fingerprint density at radius 3 is 2.78 bits per heavy atom. The van der Waals surface area contributed by atoms with E-state index in [0.29, 0.717) is 37.6 Å². The lowest BCUT2D eigenvalue weighted by atomic mass is 10.0. The van der Waals surface area contributed by atoms with Crippen molar-refractivity contribution in [1.29, 1.82) is 0 Å². The molecule has 3 heterocycles. The zero-order valence-corrected chi connectivity index (χ0v) is 17.7. The summed E-state index contributed by atoms with van der Waals surface area (Å²) in [6.07, 6.45) is 4.45. The maximum Gasteiger partial charge on any atom is 0.337 e. The second kappa shape index (κ2) is 8.70. The SMILES string of the molecule is COC(=O)c1ccc2c(c1)c(CCc1ccc3c(c1)OCCO3)cn2CCc1nn[nH]n1. The van der Waals surface area contributed by atoms with E-state index in [2.05, 4.69) is 37.5 Å². The molecule has 0 unspecified atom stereocenters. The first-order valence-corrected chi connectivity index (χ1v) is 10.5. The Kier molecular flexibility index (Phi) is 5.45. The fourth-order valence-electron chi connectivity index (χ4n) is 4.03. The predicted molar refractivity (Wildman–Crippen MR) is 116 cm³/mol. The van der Waals surface area contributed by atoms with Crippen molar-refractivity contribution in [3.8, 4) is 11.5 Å². The second-order valence-corrected chi connectivity index (χ2v) is 7.63. The van der Waals surface area contributed by atoms with Gasteiger partial charge < -0.3 is 18.8 Å². The maximum atomic E-state index is 12.1. The van der Waals surface area contributed by atoms with Crippen molar-refractivity contribution in [2.24, 2.45) is 0 Å². The average molecular weight is 433 g/mol. The first-order valence-electron chi connectivity index (χ1n) is 10.5. The number of nitrogens with one attached hydrogen (secondary N) is 1. The van der Waals surface area contributed by atoms with Crippen LogP contribution in [0.4, 0.5) is 0 Å². The number of hydrogen-bond acceptors (Lipinski definition) is 7. The number of hydrogen-bond donors (Lipinski definition) is 1. The number of aromatic nitrogens is 5. The van der Waals surface area contributed by atoms with E-state index in [4.69, 9.17) is 14.2 Å². The first-order chi connectivity index (χ1) is 15.7. The Balaban J connectivity index is 1.42. The molecule has 0 amide bonds. The number of benzene rings is 2. The molecule has 1 aliphatic heterocycles. The molecule has 4 aromatic rings. The Labute approximate surface area is 184 Å². The summed E-state index contributed by atoms with van der Waals surface area (Å²) in [4.78, 5) is 12.1. The third kappa shape index (κ3) is 4.01. The van der Waals surface area contributed by atoms with Crippen LogP contribution in [0.2, 0.25) is 0 Å². The topological polar surface area (TPSA) is 104 Å². The summed E-state index contributed by atoms with van der Waals surface area (Å²) in [6, 6.07) is 11.8. The zero-order chi connectivity index (χ0) is 21.9. The summed E-state index contributed by atoms with van der Waals surface area (Å²) in [7, 11) is 1.39. The van der Waals surface area contributed by atoms with E-state index in [9.17, 15) is 4.79 Å². The smallest absolute Gasteiger partial charge is 0.337 e. The van der Waals surface area contributed by atoms with Crippen LogP contribution in [-0.4, -0.2) is 51.5 Å². The van der Waals surface area contributed by atoms with Crippen LogP contribution in [0.5, 0.6) is 11.5 Å². The van der Waals surface area contributed by atoms with Crippen molar-refractivity contribution in [1.82, 2.24) is 25.2 Å². The Hall–Kier alpha value is -3.88. The lowest BCUT2D eigenvalue weighted by molar-refractivity contribution is 0.0601. The van der Waals surface area contributed by atoms with E-state index in [0.717, 1.165) is 40.8 Å². The molecule has 5 rings (SSSR count). The third-order valence-electron chi connectivity index (χ3n) is 5.64. The van der Waals surface area contributed by atoms with Crippen molar-refractivity contribution >= 4 is 16.9 Å². The molecule has 1 aliphatic rings. The Bertz CT molecular complexity index is 1250. The number of carbonyl (C=O) groups excluding carboxylic acids is 1. The molecule has 9 heteroatoms. The van der Waals surface area contributed by atoms with Gasteiger partial charge in [0, 0.05) is 30.1 Å². The number of fused-ring (bicyclic) bond motifs is 2. The van der Waals surface area contributed by atoms with Gasteiger partial charge >= 0.3 is 5.97 Å². The number of rotatable bonds is 7. The number of carbonyl (C=O) groups is 1. The number of tetrazole rings is 1. The van der Waals surface area contributed by atoms with Crippen molar-refractivity contribution in [2.75, 3.05) is 20.3 Å². The number of H-pyrrole nitrogens is 1. The highest BCUT2D eigenvalue weighted by Gasteiger charge is 2.15. The highest BCUT2D eigenvalue weighted by molar-refractivity contribution is 5.96. The Morgan fingerprint density at radius 1 is 1.09 bits per heavy atom. The minimum absolute atomic E-state index is 0.343. The molecule has 2 aromatic heterocycles.